The maximum atomic E-state index is 13.2. The first kappa shape index (κ1) is 23.6. The monoisotopic (exact) mass is 473 g/mol. The fraction of sp³-hybridized carbons (Fsp3) is 0.130. The molecule has 1 amide bonds. The van der Waals surface area contributed by atoms with Gasteiger partial charge in [-0.2, -0.15) is 9.41 Å². The molecule has 0 radical (unpaired) electrons. The summed E-state index contributed by atoms with van der Waals surface area (Å²) in [5, 5.41) is 4.35. The maximum Gasteiger partial charge on any atom is 0.255 e. The number of hydrogen-bond donors (Lipinski definition) is 1. The van der Waals surface area contributed by atoms with E-state index in [1.165, 1.54) is 42.6 Å². The van der Waals surface area contributed by atoms with E-state index < -0.39 is 22.5 Å². The third-order valence-corrected chi connectivity index (χ3v) is 6.58. The van der Waals surface area contributed by atoms with E-state index in [2.05, 4.69) is 10.5 Å². The van der Waals surface area contributed by atoms with Gasteiger partial charge in [-0.25, -0.2) is 18.2 Å². The molecule has 9 heteroatoms. The minimum Gasteiger partial charge on any atom is -0.272 e. The van der Waals surface area contributed by atoms with E-state index in [4.69, 9.17) is 11.6 Å². The molecule has 6 nitrogen and oxygen atoms in total. The summed E-state index contributed by atoms with van der Waals surface area (Å²) in [5.41, 5.74) is 4.49. The predicted molar refractivity (Wildman–Crippen MR) is 122 cm³/mol. The average Bonchev–Trinajstić information content (AvgIpc) is 2.76. The molecule has 0 aliphatic rings. The summed E-state index contributed by atoms with van der Waals surface area (Å²) in [5.74, 6) is -1.00. The van der Waals surface area contributed by atoms with Crippen molar-refractivity contribution in [2.75, 3.05) is 6.54 Å². The van der Waals surface area contributed by atoms with E-state index in [-0.39, 0.29) is 17.3 Å². The number of hydrogen-bond acceptors (Lipinski definition) is 4. The Morgan fingerprint density at radius 2 is 1.66 bits per heavy atom. The lowest BCUT2D eigenvalue weighted by molar-refractivity contribution is -0.121. The Bertz CT molecular complexity index is 1200. The number of carbonyl (C=O) groups excluding carboxylic acids is 1. The number of halogens is 2. The second-order valence-electron chi connectivity index (χ2n) is 7.06. The zero-order valence-corrected chi connectivity index (χ0v) is 18.8. The highest BCUT2D eigenvalue weighted by Gasteiger charge is 2.27. The number of nitrogens with one attached hydrogen (secondary N) is 1. The SMILES string of the molecule is Cc1ccc(S(=O)(=O)N(CC(=O)N/N=C\c2ccc(F)cc2)Cc2ccc(Cl)cc2)cc1. The molecule has 0 heterocycles. The fourth-order valence-electron chi connectivity index (χ4n) is 2.80. The zero-order valence-electron chi connectivity index (χ0n) is 17.2. The van der Waals surface area contributed by atoms with Gasteiger partial charge in [-0.15, -0.1) is 0 Å². The molecule has 3 rings (SSSR count). The van der Waals surface area contributed by atoms with Gasteiger partial charge >= 0.3 is 0 Å². The quantitative estimate of drug-likeness (QED) is 0.394. The van der Waals surface area contributed by atoms with Crippen molar-refractivity contribution < 1.29 is 17.6 Å². The molecule has 3 aromatic carbocycles. The number of nitrogens with zero attached hydrogens (tertiary/aromatic N) is 2. The van der Waals surface area contributed by atoms with Crippen LogP contribution >= 0.6 is 11.6 Å². The highest BCUT2D eigenvalue weighted by Crippen LogP contribution is 2.20. The fourth-order valence-corrected chi connectivity index (χ4v) is 4.31. The standard InChI is InChI=1S/C23H21ClFN3O3S/c1-17-2-12-22(13-3-17)32(30,31)28(15-19-4-8-20(24)9-5-19)16-23(29)27-26-14-18-6-10-21(25)11-7-18/h2-14H,15-16H2,1H3,(H,27,29)/b26-14-. The molecule has 3 aromatic rings. The lowest BCUT2D eigenvalue weighted by Gasteiger charge is -2.21. The van der Waals surface area contributed by atoms with Gasteiger partial charge in [0, 0.05) is 11.6 Å². The first-order valence-electron chi connectivity index (χ1n) is 9.63. The van der Waals surface area contributed by atoms with Crippen LogP contribution in [0.25, 0.3) is 0 Å². The Morgan fingerprint density at radius 1 is 1.03 bits per heavy atom. The van der Waals surface area contributed by atoms with Crippen LogP contribution in [-0.4, -0.2) is 31.4 Å². The average molecular weight is 474 g/mol. The summed E-state index contributed by atoms with van der Waals surface area (Å²) in [6.45, 7) is 1.39. The molecular weight excluding hydrogens is 453 g/mol. The molecule has 0 bridgehead atoms. The molecular formula is C23H21ClFN3O3S. The van der Waals surface area contributed by atoms with Crippen LogP contribution in [-0.2, 0) is 21.4 Å². The van der Waals surface area contributed by atoms with Crippen LogP contribution in [0.2, 0.25) is 5.02 Å². The Balaban J connectivity index is 1.78. The van der Waals surface area contributed by atoms with Gasteiger partial charge in [-0.1, -0.05) is 53.6 Å². The minimum absolute atomic E-state index is 0.0253. The van der Waals surface area contributed by atoms with Gasteiger partial charge in [0.15, 0.2) is 0 Å². The number of sulfonamides is 1. The van der Waals surface area contributed by atoms with E-state index in [9.17, 15) is 17.6 Å². The van der Waals surface area contributed by atoms with E-state index in [1.807, 2.05) is 6.92 Å². The van der Waals surface area contributed by atoms with Gasteiger partial charge < -0.3 is 0 Å². The molecule has 166 valence electrons. The summed E-state index contributed by atoms with van der Waals surface area (Å²) >= 11 is 5.92. The van der Waals surface area contributed by atoms with E-state index in [0.717, 1.165) is 9.87 Å². The molecule has 0 fully saturated rings. The zero-order chi connectivity index (χ0) is 23.1. The van der Waals surface area contributed by atoms with Crippen molar-refractivity contribution in [1.29, 1.82) is 0 Å². The lowest BCUT2D eigenvalue weighted by Crippen LogP contribution is -2.39. The predicted octanol–water partition coefficient (Wildman–Crippen LogP) is 4.13. The summed E-state index contributed by atoms with van der Waals surface area (Å²) in [7, 11) is -3.96. The molecule has 0 saturated carbocycles. The summed E-state index contributed by atoms with van der Waals surface area (Å²) in [4.78, 5) is 12.5. The molecule has 0 spiro atoms. The van der Waals surface area contributed by atoms with Crippen molar-refractivity contribution in [2.45, 2.75) is 18.4 Å². The van der Waals surface area contributed by atoms with Crippen molar-refractivity contribution in [3.8, 4) is 0 Å². The molecule has 0 unspecified atom stereocenters. The van der Waals surface area contributed by atoms with E-state index in [0.29, 0.717) is 16.1 Å². The van der Waals surface area contributed by atoms with Gasteiger partial charge in [0.2, 0.25) is 10.0 Å². The van der Waals surface area contributed by atoms with Crippen LogP contribution in [0.15, 0.2) is 82.8 Å². The molecule has 0 saturated heterocycles. The highest BCUT2D eigenvalue weighted by atomic mass is 35.5. The largest absolute Gasteiger partial charge is 0.272 e. The van der Waals surface area contributed by atoms with Gasteiger partial charge in [0.25, 0.3) is 5.91 Å². The number of aryl methyl sites for hydroxylation is 1. The third kappa shape index (κ3) is 6.46. The highest BCUT2D eigenvalue weighted by molar-refractivity contribution is 7.89. The van der Waals surface area contributed by atoms with E-state index >= 15 is 0 Å². The Morgan fingerprint density at radius 3 is 2.28 bits per heavy atom. The van der Waals surface area contributed by atoms with Crippen LogP contribution in [0.4, 0.5) is 4.39 Å². The van der Waals surface area contributed by atoms with Crippen LogP contribution < -0.4 is 5.43 Å². The number of amides is 1. The molecule has 0 atom stereocenters. The van der Waals surface area contributed by atoms with Crippen molar-refractivity contribution in [1.82, 2.24) is 9.73 Å². The third-order valence-electron chi connectivity index (χ3n) is 4.52. The normalized spacial score (nSPS) is 11.8. The smallest absolute Gasteiger partial charge is 0.255 e. The molecule has 1 N–H and O–H groups in total. The summed E-state index contributed by atoms with van der Waals surface area (Å²) in [6, 6.07) is 18.6. The maximum absolute atomic E-state index is 13.2. The van der Waals surface area contributed by atoms with Crippen molar-refractivity contribution >= 4 is 33.7 Å². The number of hydrazone groups is 1. The summed E-state index contributed by atoms with van der Waals surface area (Å²) in [6.07, 6.45) is 1.34. The van der Waals surface area contributed by atoms with E-state index in [1.54, 1.807) is 36.4 Å². The first-order chi connectivity index (χ1) is 15.2. The lowest BCUT2D eigenvalue weighted by atomic mass is 10.2. The topological polar surface area (TPSA) is 78.8 Å². The van der Waals surface area contributed by atoms with Crippen LogP contribution in [0.3, 0.4) is 0 Å². The van der Waals surface area contributed by atoms with Crippen molar-refractivity contribution in [2.24, 2.45) is 5.10 Å². The van der Waals surface area contributed by atoms with Crippen molar-refractivity contribution in [3.05, 3.63) is 100 Å². The minimum atomic E-state index is -3.96. The Labute approximate surface area is 191 Å². The van der Waals surface area contributed by atoms with Crippen LogP contribution in [0, 0.1) is 12.7 Å². The molecule has 0 aliphatic carbocycles. The number of rotatable bonds is 8. The Hall–Kier alpha value is -3.07. The number of benzene rings is 3. The van der Waals surface area contributed by atoms with Gasteiger partial charge in [-0.05, 0) is 54.4 Å². The molecule has 0 aromatic heterocycles. The van der Waals surface area contributed by atoms with Crippen LogP contribution in [0.1, 0.15) is 16.7 Å². The van der Waals surface area contributed by atoms with Gasteiger partial charge in [-0.3, -0.25) is 4.79 Å². The second kappa shape index (κ2) is 10.5. The molecule has 0 aliphatic heterocycles. The second-order valence-corrected chi connectivity index (χ2v) is 9.43. The van der Waals surface area contributed by atoms with Crippen molar-refractivity contribution in [3.63, 3.8) is 0 Å². The Kier molecular flexibility index (Phi) is 7.74. The van der Waals surface area contributed by atoms with Crippen LogP contribution in [0.5, 0.6) is 0 Å². The van der Waals surface area contributed by atoms with Gasteiger partial charge in [0.1, 0.15) is 5.82 Å². The number of carbonyl (C=O) groups is 1. The summed E-state index contributed by atoms with van der Waals surface area (Å²) < 4.78 is 40.5. The first-order valence-corrected chi connectivity index (χ1v) is 11.4. The van der Waals surface area contributed by atoms with Gasteiger partial charge in [0.05, 0.1) is 17.7 Å². The molecule has 32 heavy (non-hydrogen) atoms.